The zero-order valence-electron chi connectivity index (χ0n) is 11.4. The van der Waals surface area contributed by atoms with Crippen molar-refractivity contribution >= 4 is 34.0 Å². The maximum absolute atomic E-state index is 11.6. The van der Waals surface area contributed by atoms with Gasteiger partial charge in [-0.25, -0.2) is 19.6 Å². The van der Waals surface area contributed by atoms with E-state index in [1.54, 1.807) is 12.1 Å². The van der Waals surface area contributed by atoms with Crippen LogP contribution >= 0.6 is 0 Å². The van der Waals surface area contributed by atoms with Gasteiger partial charge < -0.3 is 19.7 Å². The maximum Gasteiger partial charge on any atom is 0.341 e. The average Bonchev–Trinajstić information content (AvgIpc) is 2.96. The van der Waals surface area contributed by atoms with Gasteiger partial charge in [0.2, 0.25) is 6.79 Å². The zero-order chi connectivity index (χ0) is 16.1. The number of nitrogens with zero attached hydrogens (tertiary/aromatic N) is 2. The highest BCUT2D eigenvalue weighted by molar-refractivity contribution is 6.08. The second-order valence-electron chi connectivity index (χ2n) is 4.86. The Labute approximate surface area is 127 Å². The van der Waals surface area contributed by atoms with E-state index in [1.165, 1.54) is 12.1 Å². The van der Waals surface area contributed by atoms with Crippen LogP contribution < -0.4 is 9.47 Å². The van der Waals surface area contributed by atoms with Gasteiger partial charge in [-0.05, 0) is 12.1 Å². The molecule has 0 fully saturated rings. The van der Waals surface area contributed by atoms with Gasteiger partial charge in [0, 0.05) is 6.07 Å². The van der Waals surface area contributed by atoms with Crippen molar-refractivity contribution in [2.24, 2.45) is 0 Å². The Balaban J connectivity index is 2.18. The molecule has 0 aliphatic carbocycles. The number of hydrogen-bond acceptors (Lipinski definition) is 6. The molecule has 0 bridgehead atoms. The van der Waals surface area contributed by atoms with E-state index in [4.69, 9.17) is 9.47 Å². The number of rotatable bonds is 2. The Morgan fingerprint density at radius 2 is 1.83 bits per heavy atom. The summed E-state index contributed by atoms with van der Waals surface area (Å²) in [5, 5.41) is 18.7. The van der Waals surface area contributed by atoms with Crippen molar-refractivity contribution in [1.29, 1.82) is 0 Å². The molecule has 3 aromatic rings. The number of ether oxygens (including phenoxy) is 2. The third kappa shape index (κ3) is 1.85. The summed E-state index contributed by atoms with van der Waals surface area (Å²) in [6, 6.07) is 6.08. The first-order valence-corrected chi connectivity index (χ1v) is 6.56. The van der Waals surface area contributed by atoms with E-state index in [-0.39, 0.29) is 40.5 Å². The molecule has 0 atom stereocenters. The molecule has 2 N–H and O–H groups in total. The van der Waals surface area contributed by atoms with Gasteiger partial charge >= 0.3 is 11.9 Å². The average molecular weight is 312 g/mol. The van der Waals surface area contributed by atoms with Crippen LogP contribution in [0.2, 0.25) is 0 Å². The summed E-state index contributed by atoms with van der Waals surface area (Å²) < 4.78 is 10.4. The summed E-state index contributed by atoms with van der Waals surface area (Å²) in [6.07, 6.45) is 0. The minimum Gasteiger partial charge on any atom is -0.478 e. The van der Waals surface area contributed by atoms with Gasteiger partial charge in [0.05, 0.1) is 16.6 Å². The number of aromatic nitrogens is 2. The fourth-order valence-electron chi connectivity index (χ4n) is 2.57. The van der Waals surface area contributed by atoms with Crippen LogP contribution in [0.15, 0.2) is 24.3 Å². The Hall–Kier alpha value is -3.42. The van der Waals surface area contributed by atoms with Crippen molar-refractivity contribution in [1.82, 2.24) is 9.97 Å². The predicted octanol–water partition coefficient (Wildman–Crippen LogP) is 1.91. The van der Waals surface area contributed by atoms with Crippen LogP contribution in [0.4, 0.5) is 0 Å². The largest absolute Gasteiger partial charge is 0.478 e. The number of para-hydroxylation sites is 1. The number of hydrogen-bond donors (Lipinski definition) is 2. The molecular weight excluding hydrogens is 304 g/mol. The Morgan fingerprint density at radius 3 is 2.57 bits per heavy atom. The van der Waals surface area contributed by atoms with Crippen molar-refractivity contribution in [2.45, 2.75) is 0 Å². The monoisotopic (exact) mass is 312 g/mol. The van der Waals surface area contributed by atoms with E-state index in [1.807, 2.05) is 0 Å². The first-order valence-electron chi connectivity index (χ1n) is 6.56. The highest BCUT2D eigenvalue weighted by Crippen LogP contribution is 2.40. The molecule has 2 heterocycles. The van der Waals surface area contributed by atoms with Crippen LogP contribution in [0.1, 0.15) is 20.7 Å². The predicted molar refractivity (Wildman–Crippen MR) is 77.1 cm³/mol. The molecule has 0 amide bonds. The number of aromatic carboxylic acids is 2. The first-order chi connectivity index (χ1) is 11.1. The quantitative estimate of drug-likeness (QED) is 0.689. The second kappa shape index (κ2) is 4.54. The molecule has 2 aromatic carbocycles. The molecule has 8 nitrogen and oxygen atoms in total. The molecule has 1 aromatic heterocycles. The fraction of sp³-hybridized carbons (Fsp3) is 0.0667. The normalized spacial score (nSPS) is 12.7. The van der Waals surface area contributed by atoms with E-state index < -0.39 is 11.9 Å². The number of carboxylic acid groups (broad SMARTS) is 2. The summed E-state index contributed by atoms with van der Waals surface area (Å²) in [7, 11) is 0. The van der Waals surface area contributed by atoms with E-state index in [2.05, 4.69) is 9.97 Å². The van der Waals surface area contributed by atoms with Gasteiger partial charge in [-0.1, -0.05) is 6.07 Å². The molecule has 114 valence electrons. The maximum atomic E-state index is 11.6. The summed E-state index contributed by atoms with van der Waals surface area (Å²) in [6.45, 7) is -0.0914. The van der Waals surface area contributed by atoms with E-state index >= 15 is 0 Å². The van der Waals surface area contributed by atoms with E-state index in [0.717, 1.165) is 0 Å². The van der Waals surface area contributed by atoms with Gasteiger partial charge in [-0.15, -0.1) is 0 Å². The van der Waals surface area contributed by atoms with Crippen molar-refractivity contribution in [3.8, 4) is 11.5 Å². The second-order valence-corrected chi connectivity index (χ2v) is 4.86. The number of fused-ring (bicyclic) bond motifs is 3. The van der Waals surface area contributed by atoms with Crippen molar-refractivity contribution < 1.29 is 29.3 Å². The summed E-state index contributed by atoms with van der Waals surface area (Å²) >= 11 is 0. The fourth-order valence-corrected chi connectivity index (χ4v) is 2.57. The number of carboxylic acids is 2. The first kappa shape index (κ1) is 13.3. The van der Waals surface area contributed by atoms with Crippen molar-refractivity contribution in [3.05, 3.63) is 35.4 Å². The standard InChI is InChI=1S/C15H8N2O6/c18-14(19)6-2-1-3-7-11(6)17-12-8(16-7)4-9-13(23-5-22-9)10(12)15(20)21/h1-4H,5H2,(H,18,19)(H,20,21). The van der Waals surface area contributed by atoms with Crippen LogP contribution in [-0.2, 0) is 0 Å². The molecule has 0 unspecified atom stereocenters. The van der Waals surface area contributed by atoms with Crippen LogP contribution in [0.3, 0.4) is 0 Å². The third-order valence-corrected chi connectivity index (χ3v) is 3.54. The van der Waals surface area contributed by atoms with E-state index in [0.29, 0.717) is 11.0 Å². The highest BCUT2D eigenvalue weighted by Gasteiger charge is 2.27. The molecule has 0 saturated heterocycles. The number of carbonyl (C=O) groups is 2. The number of benzene rings is 2. The van der Waals surface area contributed by atoms with Gasteiger partial charge in [0.25, 0.3) is 0 Å². The summed E-state index contributed by atoms with van der Waals surface area (Å²) in [5.41, 5.74) is 0.585. The zero-order valence-corrected chi connectivity index (χ0v) is 11.4. The molecule has 0 spiro atoms. The van der Waals surface area contributed by atoms with E-state index in [9.17, 15) is 19.8 Å². The molecule has 1 aliphatic heterocycles. The van der Waals surface area contributed by atoms with Gasteiger partial charge in [-0.2, -0.15) is 0 Å². The smallest absolute Gasteiger partial charge is 0.341 e. The topological polar surface area (TPSA) is 119 Å². The lowest BCUT2D eigenvalue weighted by Crippen LogP contribution is -2.05. The van der Waals surface area contributed by atoms with Gasteiger partial charge in [-0.3, -0.25) is 0 Å². The molecule has 1 aliphatic rings. The molecular formula is C15H8N2O6. The minimum atomic E-state index is -1.25. The van der Waals surface area contributed by atoms with Crippen LogP contribution in [-0.4, -0.2) is 38.9 Å². The lowest BCUT2D eigenvalue weighted by molar-refractivity contribution is 0.0685. The van der Waals surface area contributed by atoms with Gasteiger partial charge in [0.1, 0.15) is 16.6 Å². The SMILES string of the molecule is O=C(O)c1cccc2nc3cc4c(c(C(=O)O)c3nc12)OCO4. The Morgan fingerprint density at radius 1 is 1.00 bits per heavy atom. The van der Waals surface area contributed by atoms with Crippen molar-refractivity contribution in [3.63, 3.8) is 0 Å². The summed E-state index contributed by atoms with van der Waals surface area (Å²) in [4.78, 5) is 31.5. The van der Waals surface area contributed by atoms with Crippen molar-refractivity contribution in [2.75, 3.05) is 6.79 Å². The lowest BCUT2D eigenvalue weighted by Gasteiger charge is -2.08. The Bertz CT molecular complexity index is 1010. The molecule has 0 radical (unpaired) electrons. The van der Waals surface area contributed by atoms with Crippen LogP contribution in [0, 0.1) is 0 Å². The van der Waals surface area contributed by atoms with Crippen LogP contribution in [0.25, 0.3) is 22.1 Å². The lowest BCUT2D eigenvalue weighted by atomic mass is 10.1. The van der Waals surface area contributed by atoms with Gasteiger partial charge in [0.15, 0.2) is 11.5 Å². The summed E-state index contributed by atoms with van der Waals surface area (Å²) in [5.74, 6) is -2.06. The highest BCUT2D eigenvalue weighted by atomic mass is 16.7. The molecule has 8 heteroatoms. The molecule has 0 saturated carbocycles. The third-order valence-electron chi connectivity index (χ3n) is 3.54. The minimum absolute atomic E-state index is 0.0501. The molecule has 4 rings (SSSR count). The van der Waals surface area contributed by atoms with Crippen LogP contribution in [0.5, 0.6) is 11.5 Å². The molecule has 23 heavy (non-hydrogen) atoms. The Kier molecular flexibility index (Phi) is 2.61.